The maximum atomic E-state index is 10.5. The molecule has 1 saturated carbocycles. The largest absolute Gasteiger partial charge is 0.373 e. The smallest absolute Gasteiger partial charge is 0.158 e. The number of aliphatic hydroxyl groups is 1. The highest BCUT2D eigenvalue weighted by molar-refractivity contribution is 5.96. The van der Waals surface area contributed by atoms with E-state index in [1.54, 1.807) is 12.4 Å². The van der Waals surface area contributed by atoms with Crippen LogP contribution in [0.15, 0.2) is 48.9 Å². The van der Waals surface area contributed by atoms with Gasteiger partial charge in [0.2, 0.25) is 0 Å². The summed E-state index contributed by atoms with van der Waals surface area (Å²) in [5, 5.41) is 18.4. The molecule has 4 aromatic rings. The number of nitrogens with one attached hydrogen (secondary N) is 3. The Bertz CT molecular complexity index is 1520. The Morgan fingerprint density at radius 2 is 1.69 bits per heavy atom. The second-order valence-electron chi connectivity index (χ2n) is 11.9. The van der Waals surface area contributed by atoms with E-state index in [-0.39, 0.29) is 5.69 Å². The topological polar surface area (TPSA) is 134 Å². The van der Waals surface area contributed by atoms with Gasteiger partial charge in [-0.15, -0.1) is 0 Å². The number of likely N-dealkylation sites (N-methyl/N-ethyl adjacent to an activating group) is 1. The maximum Gasteiger partial charge on any atom is 0.158 e. The summed E-state index contributed by atoms with van der Waals surface area (Å²) in [4.78, 5) is 25.0. The van der Waals surface area contributed by atoms with Gasteiger partial charge >= 0.3 is 0 Å². The van der Waals surface area contributed by atoms with Crippen LogP contribution in [0.2, 0.25) is 0 Å². The Hall–Kier alpha value is -3.77. The molecule has 3 fully saturated rings. The number of piperazine rings is 1. The van der Waals surface area contributed by atoms with Crippen molar-refractivity contribution in [2.45, 2.75) is 44.0 Å². The lowest BCUT2D eigenvalue weighted by Gasteiger charge is -2.42. The van der Waals surface area contributed by atoms with Crippen molar-refractivity contribution >= 4 is 33.9 Å². The molecule has 3 aromatic heterocycles. The van der Waals surface area contributed by atoms with Crippen molar-refractivity contribution in [3.05, 3.63) is 54.6 Å². The van der Waals surface area contributed by atoms with Crippen LogP contribution < -0.4 is 21.3 Å². The van der Waals surface area contributed by atoms with Gasteiger partial charge in [-0.25, -0.2) is 9.97 Å². The number of rotatable bonds is 8. The quantitative estimate of drug-likeness (QED) is 0.201. The third-order valence-corrected chi connectivity index (χ3v) is 8.87. The molecule has 2 saturated heterocycles. The van der Waals surface area contributed by atoms with Crippen LogP contribution in [-0.2, 0) is 0 Å². The second kappa shape index (κ2) is 11.5. The Morgan fingerprint density at radius 1 is 0.929 bits per heavy atom. The SMILES string of the molecule is CN1CCN(C2CCN(c3ccc(Nc4nc(NC5CC5)c(-c5cncc6[nH]ccc56)nc4C(N)O)cc3)CC2)CC1. The van der Waals surface area contributed by atoms with Gasteiger partial charge in [0, 0.05) is 86.1 Å². The number of aromatic amines is 1. The van der Waals surface area contributed by atoms with Crippen LogP contribution in [0.5, 0.6) is 0 Å². The fraction of sp³-hybridized carbons (Fsp3) is 0.452. The highest BCUT2D eigenvalue weighted by atomic mass is 16.3. The van der Waals surface area contributed by atoms with Gasteiger partial charge in [-0.3, -0.25) is 9.88 Å². The number of hydrogen-bond donors (Lipinski definition) is 5. The van der Waals surface area contributed by atoms with E-state index >= 15 is 0 Å². The third kappa shape index (κ3) is 5.65. The third-order valence-electron chi connectivity index (χ3n) is 8.87. The van der Waals surface area contributed by atoms with Crippen LogP contribution >= 0.6 is 0 Å². The number of aromatic nitrogens is 4. The number of H-pyrrole nitrogens is 1. The highest BCUT2D eigenvalue weighted by Crippen LogP contribution is 2.36. The van der Waals surface area contributed by atoms with Gasteiger partial charge in [0.25, 0.3) is 0 Å². The standard InChI is InChI=1S/C31H40N10O/c1-39-14-16-41(17-15-39)23-9-12-40(13-10-23)22-6-4-21(5-7-22)36-31-28(29(32)42)37-27(30(38-31)35-20-2-3-20)25-18-33-19-26-24(25)8-11-34-26/h4-8,11,18-20,23,29,34,42H,2-3,9-10,12-17,32H2,1H3,(H2,35,36,38). The van der Waals surface area contributed by atoms with Gasteiger partial charge < -0.3 is 36.3 Å². The number of pyridine rings is 1. The Kier molecular flexibility index (Phi) is 7.41. The molecule has 42 heavy (non-hydrogen) atoms. The van der Waals surface area contributed by atoms with E-state index < -0.39 is 6.23 Å². The first kappa shape index (κ1) is 27.1. The number of anilines is 4. The molecule has 0 radical (unpaired) electrons. The van der Waals surface area contributed by atoms with Crippen LogP contribution in [0, 0.1) is 0 Å². The first-order chi connectivity index (χ1) is 20.5. The summed E-state index contributed by atoms with van der Waals surface area (Å²) >= 11 is 0. The molecule has 7 rings (SSSR count). The predicted octanol–water partition coefficient (Wildman–Crippen LogP) is 3.50. The maximum absolute atomic E-state index is 10.5. The summed E-state index contributed by atoms with van der Waals surface area (Å²) in [5.74, 6) is 1.09. The minimum Gasteiger partial charge on any atom is -0.373 e. The molecular formula is C31H40N10O. The summed E-state index contributed by atoms with van der Waals surface area (Å²) in [5.41, 5.74) is 10.8. The van der Waals surface area contributed by atoms with E-state index in [1.807, 2.05) is 12.3 Å². The molecule has 11 nitrogen and oxygen atoms in total. The molecule has 220 valence electrons. The van der Waals surface area contributed by atoms with Crippen molar-refractivity contribution in [3.8, 4) is 11.3 Å². The van der Waals surface area contributed by atoms with E-state index in [1.165, 1.54) is 44.7 Å². The fourth-order valence-corrected chi connectivity index (χ4v) is 6.19. The molecular weight excluding hydrogens is 528 g/mol. The van der Waals surface area contributed by atoms with Gasteiger partial charge in [0.15, 0.2) is 11.6 Å². The van der Waals surface area contributed by atoms with E-state index in [2.05, 4.69) is 66.6 Å². The average molecular weight is 569 g/mol. The van der Waals surface area contributed by atoms with Crippen molar-refractivity contribution in [1.82, 2.24) is 29.7 Å². The summed E-state index contributed by atoms with van der Waals surface area (Å²) in [6.45, 7) is 6.84. The van der Waals surface area contributed by atoms with Crippen LogP contribution in [0.3, 0.4) is 0 Å². The van der Waals surface area contributed by atoms with Gasteiger partial charge in [-0.2, -0.15) is 0 Å². The van der Waals surface area contributed by atoms with Crippen molar-refractivity contribution in [1.29, 1.82) is 0 Å². The van der Waals surface area contributed by atoms with E-state index in [0.717, 1.165) is 48.1 Å². The predicted molar refractivity (Wildman–Crippen MR) is 167 cm³/mol. The van der Waals surface area contributed by atoms with Crippen molar-refractivity contribution < 1.29 is 5.11 Å². The molecule has 11 heteroatoms. The molecule has 1 unspecified atom stereocenters. The zero-order chi connectivity index (χ0) is 28.6. The average Bonchev–Trinajstić information content (AvgIpc) is 3.69. The van der Waals surface area contributed by atoms with E-state index in [4.69, 9.17) is 15.7 Å². The van der Waals surface area contributed by atoms with Gasteiger partial charge in [0.05, 0.1) is 11.7 Å². The molecule has 0 bridgehead atoms. The van der Waals surface area contributed by atoms with Crippen LogP contribution in [-0.4, -0.2) is 93.2 Å². The first-order valence-corrected chi connectivity index (χ1v) is 15.1. The number of aliphatic hydroxyl groups excluding tert-OH is 1. The van der Waals surface area contributed by atoms with Crippen LogP contribution in [0.1, 0.15) is 37.6 Å². The molecule has 6 N–H and O–H groups in total. The Labute approximate surface area is 246 Å². The first-order valence-electron chi connectivity index (χ1n) is 15.1. The fourth-order valence-electron chi connectivity index (χ4n) is 6.19. The van der Waals surface area contributed by atoms with Crippen LogP contribution in [0.4, 0.5) is 23.0 Å². The minimum absolute atomic E-state index is 0.286. The number of benzene rings is 1. The van der Waals surface area contributed by atoms with Gasteiger partial charge in [-0.1, -0.05) is 0 Å². The Balaban J connectivity index is 1.10. The number of fused-ring (bicyclic) bond motifs is 1. The summed E-state index contributed by atoms with van der Waals surface area (Å²) < 4.78 is 0. The zero-order valence-corrected chi connectivity index (χ0v) is 24.1. The number of piperidine rings is 1. The van der Waals surface area contributed by atoms with Crippen molar-refractivity contribution in [2.75, 3.05) is 61.8 Å². The van der Waals surface area contributed by atoms with E-state index in [0.29, 0.717) is 29.4 Å². The molecule has 1 aromatic carbocycles. The lowest BCUT2D eigenvalue weighted by Crippen LogP contribution is -2.52. The second-order valence-corrected chi connectivity index (χ2v) is 11.9. The molecule has 2 aliphatic heterocycles. The van der Waals surface area contributed by atoms with Crippen molar-refractivity contribution in [2.24, 2.45) is 5.73 Å². The summed E-state index contributed by atoms with van der Waals surface area (Å²) in [6.07, 6.45) is 8.73. The molecule has 1 atom stereocenters. The molecule has 1 aliphatic carbocycles. The van der Waals surface area contributed by atoms with Crippen molar-refractivity contribution in [3.63, 3.8) is 0 Å². The molecule has 0 amide bonds. The number of hydrogen-bond acceptors (Lipinski definition) is 10. The summed E-state index contributed by atoms with van der Waals surface area (Å²) in [7, 11) is 2.21. The number of nitrogens with two attached hydrogens (primary N) is 1. The van der Waals surface area contributed by atoms with E-state index in [9.17, 15) is 5.11 Å². The molecule has 3 aliphatic rings. The normalized spacial score (nSPS) is 19.7. The number of nitrogens with zero attached hydrogens (tertiary/aromatic N) is 6. The zero-order valence-electron chi connectivity index (χ0n) is 24.1. The van der Waals surface area contributed by atoms with Gasteiger partial charge in [0.1, 0.15) is 17.6 Å². The molecule has 0 spiro atoms. The van der Waals surface area contributed by atoms with Gasteiger partial charge in [-0.05, 0) is 63.1 Å². The monoisotopic (exact) mass is 568 g/mol. The molecule has 5 heterocycles. The van der Waals surface area contributed by atoms with Crippen LogP contribution in [0.25, 0.3) is 22.2 Å². The summed E-state index contributed by atoms with van der Waals surface area (Å²) in [6, 6.07) is 11.5. The lowest BCUT2D eigenvalue weighted by molar-refractivity contribution is 0.0982. The minimum atomic E-state index is -1.30. The Morgan fingerprint density at radius 3 is 2.40 bits per heavy atom. The highest BCUT2D eigenvalue weighted by Gasteiger charge is 2.28. The lowest BCUT2D eigenvalue weighted by atomic mass is 10.0.